The van der Waals surface area contributed by atoms with Gasteiger partial charge in [0.25, 0.3) is 5.91 Å². The molecule has 0 spiro atoms. The van der Waals surface area contributed by atoms with Gasteiger partial charge in [-0.2, -0.15) is 0 Å². The molecule has 1 amide bonds. The molecule has 3 rings (SSSR count). The summed E-state index contributed by atoms with van der Waals surface area (Å²) in [4.78, 5) is 15.1. The number of benzene rings is 1. The van der Waals surface area contributed by atoms with Crippen molar-refractivity contribution in [1.82, 2.24) is 4.90 Å². The highest BCUT2D eigenvalue weighted by atomic mass is 16.5. The lowest BCUT2D eigenvalue weighted by atomic mass is 9.71. The summed E-state index contributed by atoms with van der Waals surface area (Å²) in [6.07, 6.45) is 3.78. The Labute approximate surface area is 138 Å². The van der Waals surface area contributed by atoms with Gasteiger partial charge in [0.05, 0.1) is 0 Å². The molecule has 0 radical (unpaired) electrons. The van der Waals surface area contributed by atoms with Gasteiger partial charge in [-0.15, -0.1) is 0 Å². The SMILES string of the molecule is COCCCN1C(=O)C(O)(c2ccccc2)[C@H]2CC[C@@H](C)CC21. The smallest absolute Gasteiger partial charge is 0.259 e. The molecule has 4 nitrogen and oxygen atoms in total. The van der Waals surface area contributed by atoms with Crippen LogP contribution in [0.2, 0.25) is 0 Å². The normalized spacial score (nSPS) is 33.8. The second-order valence-electron chi connectivity index (χ2n) is 7.07. The van der Waals surface area contributed by atoms with Gasteiger partial charge >= 0.3 is 0 Å². The zero-order valence-electron chi connectivity index (χ0n) is 14.1. The fourth-order valence-electron chi connectivity index (χ4n) is 4.39. The second kappa shape index (κ2) is 6.62. The summed E-state index contributed by atoms with van der Waals surface area (Å²) in [5, 5.41) is 11.4. The molecule has 1 heterocycles. The number of ether oxygens (including phenoxy) is 1. The standard InChI is InChI=1S/C19H27NO3/c1-14-9-10-16-17(13-14)20(11-6-12-23-2)18(21)19(16,22)15-7-4-3-5-8-15/h3-5,7-8,14,16-17,22H,6,9-13H2,1-2H3/t14-,16+,17?,19?/m1/s1. The Morgan fingerprint density at radius 1 is 1.30 bits per heavy atom. The van der Waals surface area contributed by atoms with Crippen LogP contribution in [0.4, 0.5) is 0 Å². The number of amides is 1. The number of nitrogens with zero attached hydrogens (tertiary/aromatic N) is 1. The molecule has 1 aromatic carbocycles. The molecule has 0 aromatic heterocycles. The Hall–Kier alpha value is -1.39. The topological polar surface area (TPSA) is 49.8 Å². The highest BCUT2D eigenvalue weighted by Gasteiger charge is 2.59. The molecular weight excluding hydrogens is 290 g/mol. The van der Waals surface area contributed by atoms with E-state index in [-0.39, 0.29) is 17.9 Å². The highest BCUT2D eigenvalue weighted by molar-refractivity contribution is 5.89. The maximum atomic E-state index is 13.1. The van der Waals surface area contributed by atoms with Crippen molar-refractivity contribution in [3.8, 4) is 0 Å². The van der Waals surface area contributed by atoms with Crippen molar-refractivity contribution >= 4 is 5.91 Å². The van der Waals surface area contributed by atoms with Crippen LogP contribution < -0.4 is 0 Å². The Morgan fingerprint density at radius 3 is 2.74 bits per heavy atom. The van der Waals surface area contributed by atoms with Crippen LogP contribution in [0.15, 0.2) is 30.3 Å². The lowest BCUT2D eigenvalue weighted by Gasteiger charge is -2.36. The van der Waals surface area contributed by atoms with Crippen LogP contribution in [-0.2, 0) is 15.1 Å². The zero-order valence-corrected chi connectivity index (χ0v) is 14.1. The van der Waals surface area contributed by atoms with Crippen LogP contribution in [0, 0.1) is 11.8 Å². The molecule has 1 saturated carbocycles. The summed E-state index contributed by atoms with van der Waals surface area (Å²) in [7, 11) is 1.68. The van der Waals surface area contributed by atoms with Gasteiger partial charge in [-0.05, 0) is 30.7 Å². The van der Waals surface area contributed by atoms with E-state index in [0.717, 1.165) is 31.2 Å². The predicted molar refractivity (Wildman–Crippen MR) is 88.8 cm³/mol. The molecule has 1 aliphatic carbocycles. The van der Waals surface area contributed by atoms with Crippen molar-refractivity contribution in [3.05, 3.63) is 35.9 Å². The average Bonchev–Trinajstić information content (AvgIpc) is 2.78. The van der Waals surface area contributed by atoms with Gasteiger partial charge in [0.1, 0.15) is 0 Å². The molecular formula is C19H27NO3. The molecule has 1 aromatic rings. The number of carbonyl (C=O) groups is 1. The van der Waals surface area contributed by atoms with Crippen LogP contribution >= 0.6 is 0 Å². The lowest BCUT2D eigenvalue weighted by molar-refractivity contribution is -0.146. The van der Waals surface area contributed by atoms with E-state index < -0.39 is 5.60 Å². The van der Waals surface area contributed by atoms with Crippen molar-refractivity contribution in [2.45, 2.75) is 44.2 Å². The molecule has 23 heavy (non-hydrogen) atoms. The monoisotopic (exact) mass is 317 g/mol. The number of fused-ring (bicyclic) bond motifs is 1. The first-order chi connectivity index (χ1) is 11.1. The zero-order chi connectivity index (χ0) is 16.4. The first-order valence-electron chi connectivity index (χ1n) is 8.67. The molecule has 0 bridgehead atoms. The number of carbonyl (C=O) groups excluding carboxylic acids is 1. The Morgan fingerprint density at radius 2 is 2.04 bits per heavy atom. The second-order valence-corrected chi connectivity index (χ2v) is 7.07. The summed E-state index contributed by atoms with van der Waals surface area (Å²) < 4.78 is 5.13. The van der Waals surface area contributed by atoms with Crippen LogP contribution in [0.3, 0.4) is 0 Å². The van der Waals surface area contributed by atoms with Crippen LogP contribution in [0.25, 0.3) is 0 Å². The summed E-state index contributed by atoms with van der Waals surface area (Å²) in [6, 6.07) is 9.62. The molecule has 126 valence electrons. The highest BCUT2D eigenvalue weighted by Crippen LogP contribution is 2.49. The summed E-state index contributed by atoms with van der Waals surface area (Å²) in [5.74, 6) is 0.479. The first-order valence-corrected chi connectivity index (χ1v) is 8.67. The average molecular weight is 317 g/mol. The van der Waals surface area contributed by atoms with Crippen molar-refractivity contribution < 1.29 is 14.6 Å². The number of rotatable bonds is 5. The van der Waals surface area contributed by atoms with Gasteiger partial charge in [-0.3, -0.25) is 4.79 Å². The van der Waals surface area contributed by atoms with Gasteiger partial charge in [0.15, 0.2) is 5.60 Å². The Bertz CT molecular complexity index is 547. The molecule has 1 aliphatic heterocycles. The maximum absolute atomic E-state index is 13.1. The van der Waals surface area contributed by atoms with E-state index in [2.05, 4.69) is 6.92 Å². The van der Waals surface area contributed by atoms with Gasteiger partial charge in [0.2, 0.25) is 0 Å². The molecule has 2 fully saturated rings. The third kappa shape index (κ3) is 2.79. The molecule has 4 atom stereocenters. The van der Waals surface area contributed by atoms with Crippen molar-refractivity contribution in [1.29, 1.82) is 0 Å². The van der Waals surface area contributed by atoms with Crippen molar-refractivity contribution in [2.75, 3.05) is 20.3 Å². The predicted octanol–water partition coefficient (Wildman–Crippen LogP) is 2.56. The minimum Gasteiger partial charge on any atom is -0.385 e. The molecule has 1 N–H and O–H groups in total. The van der Waals surface area contributed by atoms with Gasteiger partial charge in [-0.25, -0.2) is 0 Å². The van der Waals surface area contributed by atoms with Crippen LogP contribution in [0.1, 0.15) is 38.2 Å². The van der Waals surface area contributed by atoms with E-state index in [0.29, 0.717) is 19.1 Å². The number of aliphatic hydroxyl groups is 1. The Balaban J connectivity index is 1.92. The summed E-state index contributed by atoms with van der Waals surface area (Å²) in [5.41, 5.74) is -0.622. The molecule has 2 unspecified atom stereocenters. The maximum Gasteiger partial charge on any atom is 0.259 e. The summed E-state index contributed by atoms with van der Waals surface area (Å²) >= 11 is 0. The molecule has 2 aliphatic rings. The van der Waals surface area contributed by atoms with Gasteiger partial charge in [-0.1, -0.05) is 43.7 Å². The molecule has 1 saturated heterocycles. The fraction of sp³-hybridized carbons (Fsp3) is 0.632. The van der Waals surface area contributed by atoms with E-state index in [1.807, 2.05) is 35.2 Å². The number of hydrogen-bond acceptors (Lipinski definition) is 3. The third-order valence-corrected chi connectivity index (χ3v) is 5.56. The number of likely N-dealkylation sites (tertiary alicyclic amines) is 1. The van der Waals surface area contributed by atoms with Crippen molar-refractivity contribution in [3.63, 3.8) is 0 Å². The van der Waals surface area contributed by atoms with Crippen LogP contribution in [-0.4, -0.2) is 42.2 Å². The van der Waals surface area contributed by atoms with Crippen molar-refractivity contribution in [2.24, 2.45) is 11.8 Å². The van der Waals surface area contributed by atoms with Gasteiger partial charge < -0.3 is 14.7 Å². The first kappa shape index (κ1) is 16.5. The lowest BCUT2D eigenvalue weighted by Crippen LogP contribution is -2.41. The molecule has 4 heteroatoms. The Kier molecular flexibility index (Phi) is 4.74. The van der Waals surface area contributed by atoms with E-state index in [9.17, 15) is 9.90 Å². The fourth-order valence-corrected chi connectivity index (χ4v) is 4.39. The van der Waals surface area contributed by atoms with E-state index >= 15 is 0 Å². The minimum absolute atomic E-state index is 0.00357. The van der Waals surface area contributed by atoms with Gasteiger partial charge in [0, 0.05) is 32.2 Å². The minimum atomic E-state index is -1.36. The van der Waals surface area contributed by atoms with E-state index in [4.69, 9.17) is 4.74 Å². The van der Waals surface area contributed by atoms with E-state index in [1.165, 1.54) is 0 Å². The number of methoxy groups -OCH3 is 1. The quantitative estimate of drug-likeness (QED) is 0.849. The largest absolute Gasteiger partial charge is 0.385 e. The summed E-state index contributed by atoms with van der Waals surface area (Å²) in [6.45, 7) is 3.55. The van der Waals surface area contributed by atoms with Crippen LogP contribution in [0.5, 0.6) is 0 Å². The number of hydrogen-bond donors (Lipinski definition) is 1. The third-order valence-electron chi connectivity index (χ3n) is 5.56. The van der Waals surface area contributed by atoms with E-state index in [1.54, 1.807) is 7.11 Å².